The second kappa shape index (κ2) is 3.07. The number of hydrogen-bond acceptors (Lipinski definition) is 1. The summed E-state index contributed by atoms with van der Waals surface area (Å²) in [5.41, 5.74) is 0. The van der Waals surface area contributed by atoms with Crippen LogP contribution in [0.3, 0.4) is 0 Å². The van der Waals surface area contributed by atoms with Crippen LogP contribution in [0.5, 0.6) is 0 Å². The number of alkyl halides is 3. The minimum atomic E-state index is -3.98. The summed E-state index contributed by atoms with van der Waals surface area (Å²) in [7, 11) is 0. The van der Waals surface area contributed by atoms with Crippen LogP contribution in [-0.4, -0.2) is 18.3 Å². The molecule has 12 heavy (non-hydrogen) atoms. The van der Waals surface area contributed by atoms with E-state index in [2.05, 4.69) is 5.32 Å². The molecule has 0 saturated carbocycles. The Morgan fingerprint density at radius 2 is 1.83 bits per heavy atom. The van der Waals surface area contributed by atoms with E-state index in [1.807, 2.05) is 0 Å². The van der Waals surface area contributed by atoms with Crippen molar-refractivity contribution in [2.45, 2.75) is 37.5 Å². The summed E-state index contributed by atoms with van der Waals surface area (Å²) in [6, 6.07) is -0.133. The molecule has 2 aliphatic rings. The van der Waals surface area contributed by atoms with Gasteiger partial charge in [0.05, 0.1) is 5.92 Å². The molecular weight excluding hydrogens is 191 g/mol. The van der Waals surface area contributed by atoms with E-state index in [0.717, 1.165) is 6.42 Å². The van der Waals surface area contributed by atoms with Gasteiger partial charge in [-0.15, -0.1) is 12.4 Å². The number of hydrogen-bond donors (Lipinski definition) is 1. The van der Waals surface area contributed by atoms with Crippen molar-refractivity contribution in [1.29, 1.82) is 0 Å². The van der Waals surface area contributed by atoms with Gasteiger partial charge in [-0.05, 0) is 19.3 Å². The van der Waals surface area contributed by atoms with Crippen LogP contribution in [0.15, 0.2) is 0 Å². The molecule has 0 spiro atoms. The van der Waals surface area contributed by atoms with Crippen LogP contribution in [-0.2, 0) is 0 Å². The molecule has 0 radical (unpaired) electrons. The second-order valence-corrected chi connectivity index (χ2v) is 3.43. The van der Waals surface area contributed by atoms with E-state index in [4.69, 9.17) is 0 Å². The highest BCUT2D eigenvalue weighted by Crippen LogP contribution is 2.42. The van der Waals surface area contributed by atoms with Crippen molar-refractivity contribution in [3.8, 4) is 0 Å². The van der Waals surface area contributed by atoms with Gasteiger partial charge >= 0.3 is 6.18 Å². The minimum absolute atomic E-state index is 0. The van der Waals surface area contributed by atoms with Gasteiger partial charge < -0.3 is 5.32 Å². The maximum atomic E-state index is 12.2. The van der Waals surface area contributed by atoms with Crippen LogP contribution in [0.4, 0.5) is 13.2 Å². The zero-order chi connectivity index (χ0) is 8.06. The fraction of sp³-hybridized carbons (Fsp3) is 1.00. The van der Waals surface area contributed by atoms with Crippen molar-refractivity contribution in [2.75, 3.05) is 0 Å². The molecule has 1 N–H and O–H groups in total. The largest absolute Gasteiger partial charge is 0.393 e. The van der Waals surface area contributed by atoms with E-state index in [-0.39, 0.29) is 24.5 Å². The first-order valence-electron chi connectivity index (χ1n) is 3.90. The fourth-order valence-corrected chi connectivity index (χ4v) is 2.19. The van der Waals surface area contributed by atoms with Gasteiger partial charge in [0.15, 0.2) is 0 Å². The Morgan fingerprint density at radius 3 is 2.08 bits per heavy atom. The van der Waals surface area contributed by atoms with Gasteiger partial charge in [0.25, 0.3) is 0 Å². The van der Waals surface area contributed by atoms with Crippen LogP contribution in [0.2, 0.25) is 0 Å². The lowest BCUT2D eigenvalue weighted by molar-refractivity contribution is -0.178. The molecule has 0 amide bonds. The second-order valence-electron chi connectivity index (χ2n) is 3.43. The van der Waals surface area contributed by atoms with Gasteiger partial charge in [0.2, 0.25) is 0 Å². The van der Waals surface area contributed by atoms with Gasteiger partial charge in [-0.2, -0.15) is 13.2 Å². The molecular formula is C7H11ClF3N. The lowest BCUT2D eigenvalue weighted by atomic mass is 9.89. The molecule has 5 heteroatoms. The maximum Gasteiger partial charge on any atom is 0.393 e. The van der Waals surface area contributed by atoms with E-state index < -0.39 is 12.1 Å². The third-order valence-electron chi connectivity index (χ3n) is 2.72. The topological polar surface area (TPSA) is 12.0 Å². The highest BCUT2D eigenvalue weighted by Gasteiger charge is 2.52. The third kappa shape index (κ3) is 1.55. The molecule has 2 aliphatic heterocycles. The fourth-order valence-electron chi connectivity index (χ4n) is 2.19. The summed E-state index contributed by atoms with van der Waals surface area (Å²) in [6.45, 7) is 0. The van der Waals surface area contributed by atoms with E-state index in [9.17, 15) is 13.2 Å². The van der Waals surface area contributed by atoms with Crippen molar-refractivity contribution in [3.05, 3.63) is 0 Å². The lowest BCUT2D eigenvalue weighted by Crippen LogP contribution is -2.33. The lowest BCUT2D eigenvalue weighted by Gasteiger charge is -2.22. The van der Waals surface area contributed by atoms with Gasteiger partial charge in [-0.3, -0.25) is 0 Å². The van der Waals surface area contributed by atoms with Crippen LogP contribution in [0.25, 0.3) is 0 Å². The Balaban J connectivity index is 0.000000720. The Bertz CT molecular complexity index is 171. The van der Waals surface area contributed by atoms with E-state index >= 15 is 0 Å². The van der Waals surface area contributed by atoms with Crippen LogP contribution >= 0.6 is 12.4 Å². The van der Waals surface area contributed by atoms with Crippen molar-refractivity contribution in [2.24, 2.45) is 5.92 Å². The SMILES string of the molecule is Cl.FC(F)(F)[C@H]1C[C@H]2CC[C@@H]1N2. The Hall–Kier alpha value is 0.0400. The summed E-state index contributed by atoms with van der Waals surface area (Å²) < 4.78 is 36.5. The first-order chi connectivity index (χ1) is 5.07. The van der Waals surface area contributed by atoms with Crippen molar-refractivity contribution in [1.82, 2.24) is 5.32 Å². The quantitative estimate of drug-likeness (QED) is 0.633. The van der Waals surface area contributed by atoms with Crippen LogP contribution in [0.1, 0.15) is 19.3 Å². The molecule has 2 rings (SSSR count). The molecule has 0 aromatic carbocycles. The van der Waals surface area contributed by atoms with Crippen molar-refractivity contribution in [3.63, 3.8) is 0 Å². The molecule has 2 saturated heterocycles. The Kier molecular flexibility index (Phi) is 2.59. The van der Waals surface area contributed by atoms with Gasteiger partial charge in [-0.25, -0.2) is 0 Å². The first kappa shape index (κ1) is 10.1. The normalized spacial score (nSPS) is 39.8. The number of fused-ring (bicyclic) bond motifs is 2. The molecule has 0 aromatic heterocycles. The first-order valence-corrected chi connectivity index (χ1v) is 3.90. The zero-order valence-electron chi connectivity index (χ0n) is 6.40. The van der Waals surface area contributed by atoms with Gasteiger partial charge in [0.1, 0.15) is 0 Å². The van der Waals surface area contributed by atoms with Crippen molar-refractivity contribution >= 4 is 12.4 Å². The molecule has 72 valence electrons. The number of halogens is 4. The molecule has 3 atom stereocenters. The Labute approximate surface area is 75.1 Å². The average molecular weight is 202 g/mol. The predicted molar refractivity (Wildman–Crippen MR) is 41.4 cm³/mol. The molecule has 0 unspecified atom stereocenters. The van der Waals surface area contributed by atoms with E-state index in [1.54, 1.807) is 0 Å². The van der Waals surface area contributed by atoms with E-state index in [1.165, 1.54) is 0 Å². The standard InChI is InChI=1S/C7H10F3N.ClH/c8-7(9,10)5-3-4-1-2-6(5)11-4;/h4-6,11H,1-3H2;1H/t4-,5+,6+;/m1./s1. The highest BCUT2D eigenvalue weighted by molar-refractivity contribution is 5.85. The molecule has 0 aliphatic carbocycles. The highest BCUT2D eigenvalue weighted by atomic mass is 35.5. The summed E-state index contributed by atoms with van der Waals surface area (Å²) in [5, 5.41) is 2.96. The third-order valence-corrected chi connectivity index (χ3v) is 2.72. The molecule has 2 bridgehead atoms. The monoisotopic (exact) mass is 201 g/mol. The van der Waals surface area contributed by atoms with Gasteiger partial charge in [0, 0.05) is 12.1 Å². The summed E-state index contributed by atoms with van der Waals surface area (Å²) in [5.74, 6) is -1.07. The average Bonchev–Trinajstić information content (AvgIpc) is 2.42. The van der Waals surface area contributed by atoms with Crippen LogP contribution < -0.4 is 5.32 Å². The maximum absolute atomic E-state index is 12.2. The molecule has 2 fully saturated rings. The summed E-state index contributed by atoms with van der Waals surface area (Å²) in [4.78, 5) is 0. The van der Waals surface area contributed by atoms with E-state index in [0.29, 0.717) is 12.8 Å². The van der Waals surface area contributed by atoms with Gasteiger partial charge in [-0.1, -0.05) is 0 Å². The summed E-state index contributed by atoms with van der Waals surface area (Å²) >= 11 is 0. The number of rotatable bonds is 0. The van der Waals surface area contributed by atoms with Crippen molar-refractivity contribution < 1.29 is 13.2 Å². The molecule has 2 heterocycles. The molecule has 1 nitrogen and oxygen atoms in total. The van der Waals surface area contributed by atoms with Crippen LogP contribution in [0, 0.1) is 5.92 Å². The number of nitrogens with one attached hydrogen (secondary N) is 1. The predicted octanol–water partition coefficient (Wildman–Crippen LogP) is 2.11. The molecule has 0 aromatic rings. The summed E-state index contributed by atoms with van der Waals surface area (Å²) in [6.07, 6.45) is -2.05. The Morgan fingerprint density at radius 1 is 1.17 bits per heavy atom. The zero-order valence-corrected chi connectivity index (χ0v) is 7.21. The smallest absolute Gasteiger partial charge is 0.311 e. The minimum Gasteiger partial charge on any atom is -0.311 e.